The molecule has 18 heavy (non-hydrogen) atoms. The Bertz CT molecular complexity index is 437. The van der Waals surface area contributed by atoms with Crippen LogP contribution in [0.2, 0.25) is 0 Å². The summed E-state index contributed by atoms with van der Waals surface area (Å²) >= 11 is 0. The Hall–Kier alpha value is -1.39. The van der Waals surface area contributed by atoms with Crippen LogP contribution < -0.4 is 11.1 Å². The summed E-state index contributed by atoms with van der Waals surface area (Å²) in [4.78, 5) is 3.70. The fourth-order valence-electron chi connectivity index (χ4n) is 2.26. The van der Waals surface area contributed by atoms with E-state index in [2.05, 4.69) is 31.1 Å². The highest BCUT2D eigenvalue weighted by Gasteiger charge is 2.27. The highest BCUT2D eigenvalue weighted by molar-refractivity contribution is 5.46. The number of rotatable bonds is 3. The summed E-state index contributed by atoms with van der Waals surface area (Å²) in [7, 11) is 0. The first-order valence-corrected chi connectivity index (χ1v) is 5.90. The number of halogens is 2. The van der Waals surface area contributed by atoms with Gasteiger partial charge in [-0.05, 0) is 25.7 Å². The van der Waals surface area contributed by atoms with Gasteiger partial charge >= 0.3 is 0 Å². The van der Waals surface area contributed by atoms with E-state index in [4.69, 9.17) is 5.73 Å². The van der Waals surface area contributed by atoms with E-state index >= 15 is 0 Å². The van der Waals surface area contributed by atoms with Crippen LogP contribution in [0.4, 0.5) is 20.4 Å². The van der Waals surface area contributed by atoms with Crippen molar-refractivity contribution in [2.45, 2.75) is 46.6 Å². The quantitative estimate of drug-likeness (QED) is 0.870. The number of nitrogens with two attached hydrogens (primary N) is 1. The number of nitrogens with one attached hydrogen (secondary N) is 1. The van der Waals surface area contributed by atoms with Crippen molar-refractivity contribution in [2.24, 2.45) is 5.41 Å². The third kappa shape index (κ3) is 4.13. The first kappa shape index (κ1) is 14.7. The van der Waals surface area contributed by atoms with Crippen LogP contribution in [-0.2, 0) is 0 Å². The van der Waals surface area contributed by atoms with Crippen LogP contribution in [0.3, 0.4) is 0 Å². The second-order valence-electron chi connectivity index (χ2n) is 6.43. The van der Waals surface area contributed by atoms with Crippen molar-refractivity contribution in [3.05, 3.63) is 17.7 Å². The monoisotopic (exact) mass is 257 g/mol. The summed E-state index contributed by atoms with van der Waals surface area (Å²) in [6, 6.07) is 0.748. The topological polar surface area (TPSA) is 50.9 Å². The molecule has 0 spiro atoms. The summed E-state index contributed by atoms with van der Waals surface area (Å²) < 4.78 is 26.6. The highest BCUT2D eigenvalue weighted by Crippen LogP contribution is 2.30. The third-order valence-corrected chi connectivity index (χ3v) is 2.39. The van der Waals surface area contributed by atoms with Gasteiger partial charge < -0.3 is 11.1 Å². The average molecular weight is 257 g/mol. The molecular weight excluding hydrogens is 236 g/mol. The van der Waals surface area contributed by atoms with Crippen LogP contribution in [-0.4, -0.2) is 10.5 Å². The minimum atomic E-state index is -0.841. The van der Waals surface area contributed by atoms with Crippen LogP contribution in [0.1, 0.15) is 41.0 Å². The number of hydrogen-bond acceptors (Lipinski definition) is 3. The Kier molecular flexibility index (Phi) is 3.84. The van der Waals surface area contributed by atoms with Crippen molar-refractivity contribution in [2.75, 3.05) is 11.1 Å². The molecule has 0 aliphatic heterocycles. The molecule has 0 saturated carbocycles. The molecule has 1 heterocycles. The fraction of sp³-hybridized carbons (Fsp3) is 0.615. The summed E-state index contributed by atoms with van der Waals surface area (Å²) in [5, 5.41) is 2.98. The predicted molar refractivity (Wildman–Crippen MR) is 70.3 cm³/mol. The predicted octanol–water partition coefficient (Wildman–Crippen LogP) is 3.57. The molecule has 0 radical (unpaired) electrons. The molecular formula is C13H21F2N3. The van der Waals surface area contributed by atoms with Gasteiger partial charge in [0.25, 0.3) is 0 Å². The molecule has 0 aromatic carbocycles. The number of pyridine rings is 1. The first-order valence-electron chi connectivity index (χ1n) is 5.90. The second-order valence-corrected chi connectivity index (χ2v) is 6.43. The Morgan fingerprint density at radius 1 is 1.17 bits per heavy atom. The fourth-order valence-corrected chi connectivity index (χ4v) is 2.26. The van der Waals surface area contributed by atoms with Crippen LogP contribution in [0.15, 0.2) is 6.07 Å². The molecule has 0 aliphatic rings. The number of anilines is 2. The number of nitrogens with zero attached hydrogens (tertiary/aromatic N) is 1. The maximum atomic E-state index is 13.6. The van der Waals surface area contributed by atoms with Gasteiger partial charge in [0.2, 0.25) is 0 Å². The van der Waals surface area contributed by atoms with E-state index in [-0.39, 0.29) is 22.6 Å². The van der Waals surface area contributed by atoms with Crippen molar-refractivity contribution in [3.8, 4) is 0 Å². The lowest BCUT2D eigenvalue weighted by Crippen LogP contribution is -2.36. The minimum Gasteiger partial charge on any atom is -0.381 e. The van der Waals surface area contributed by atoms with Gasteiger partial charge in [0.15, 0.2) is 23.3 Å². The normalized spacial score (nSPS) is 12.6. The van der Waals surface area contributed by atoms with E-state index in [1.54, 1.807) is 0 Å². The largest absolute Gasteiger partial charge is 0.381 e. The van der Waals surface area contributed by atoms with Gasteiger partial charge in [-0.15, -0.1) is 0 Å². The number of nitrogen functional groups attached to an aromatic ring is 1. The first-order chi connectivity index (χ1) is 8.00. The van der Waals surface area contributed by atoms with Gasteiger partial charge in [-0.1, -0.05) is 20.8 Å². The van der Waals surface area contributed by atoms with E-state index in [1.807, 2.05) is 13.8 Å². The highest BCUT2D eigenvalue weighted by atomic mass is 19.1. The van der Waals surface area contributed by atoms with E-state index in [0.29, 0.717) is 0 Å². The van der Waals surface area contributed by atoms with Gasteiger partial charge in [0.1, 0.15) is 0 Å². The SMILES string of the molecule is CC(C)(C)CC(C)(C)Nc1nc(N)c(F)cc1F. The maximum Gasteiger partial charge on any atom is 0.168 e. The summed E-state index contributed by atoms with van der Waals surface area (Å²) in [6.45, 7) is 10.2. The van der Waals surface area contributed by atoms with Crippen LogP contribution in [0, 0.1) is 17.0 Å². The summed E-state index contributed by atoms with van der Waals surface area (Å²) in [5.74, 6) is -1.89. The summed E-state index contributed by atoms with van der Waals surface area (Å²) in [6.07, 6.45) is 0.804. The Morgan fingerprint density at radius 2 is 1.72 bits per heavy atom. The molecule has 1 aromatic rings. The molecule has 5 heteroatoms. The van der Waals surface area contributed by atoms with Gasteiger partial charge in [-0.25, -0.2) is 13.8 Å². The third-order valence-electron chi connectivity index (χ3n) is 2.39. The van der Waals surface area contributed by atoms with E-state index in [1.165, 1.54) is 0 Å². The van der Waals surface area contributed by atoms with Gasteiger partial charge in [0, 0.05) is 11.6 Å². The zero-order chi connectivity index (χ0) is 14.1. The average Bonchev–Trinajstić information content (AvgIpc) is 2.09. The minimum absolute atomic E-state index is 0.0110. The van der Waals surface area contributed by atoms with Crippen molar-refractivity contribution in [1.29, 1.82) is 0 Å². The van der Waals surface area contributed by atoms with Gasteiger partial charge in [0.05, 0.1) is 0 Å². The molecule has 1 rings (SSSR count). The number of aromatic nitrogens is 1. The number of hydrogen-bond donors (Lipinski definition) is 2. The van der Waals surface area contributed by atoms with Crippen molar-refractivity contribution >= 4 is 11.6 Å². The van der Waals surface area contributed by atoms with E-state index < -0.39 is 11.6 Å². The van der Waals surface area contributed by atoms with E-state index in [0.717, 1.165) is 12.5 Å². The molecule has 1 aromatic heterocycles. The Labute approximate surface area is 107 Å². The van der Waals surface area contributed by atoms with Crippen molar-refractivity contribution < 1.29 is 8.78 Å². The standard InChI is InChI=1S/C13H21F2N3/c1-12(2,3)7-13(4,5)18-11-9(15)6-8(14)10(16)17-11/h6H,7H2,1-5H3,(H3,16,17,18). The molecule has 0 aliphatic carbocycles. The summed E-state index contributed by atoms with van der Waals surface area (Å²) in [5.41, 5.74) is 5.06. The van der Waals surface area contributed by atoms with Gasteiger partial charge in [-0.2, -0.15) is 0 Å². The van der Waals surface area contributed by atoms with Gasteiger partial charge in [-0.3, -0.25) is 0 Å². The molecule has 0 atom stereocenters. The lowest BCUT2D eigenvalue weighted by Gasteiger charge is -2.33. The molecule has 3 N–H and O–H groups in total. The Morgan fingerprint density at radius 3 is 2.22 bits per heavy atom. The van der Waals surface area contributed by atoms with Crippen LogP contribution >= 0.6 is 0 Å². The second kappa shape index (κ2) is 4.71. The molecule has 102 valence electrons. The maximum absolute atomic E-state index is 13.6. The zero-order valence-electron chi connectivity index (χ0n) is 11.6. The lowest BCUT2D eigenvalue weighted by molar-refractivity contribution is 0.301. The molecule has 0 fully saturated rings. The van der Waals surface area contributed by atoms with E-state index in [9.17, 15) is 8.78 Å². The smallest absolute Gasteiger partial charge is 0.168 e. The molecule has 0 unspecified atom stereocenters. The Balaban J connectivity index is 2.94. The molecule has 3 nitrogen and oxygen atoms in total. The molecule has 0 saturated heterocycles. The van der Waals surface area contributed by atoms with Crippen LogP contribution in [0.5, 0.6) is 0 Å². The lowest BCUT2D eigenvalue weighted by atomic mass is 9.82. The molecule has 0 bridgehead atoms. The van der Waals surface area contributed by atoms with Crippen LogP contribution in [0.25, 0.3) is 0 Å². The molecule has 0 amide bonds. The zero-order valence-corrected chi connectivity index (χ0v) is 11.6. The van der Waals surface area contributed by atoms with Crippen molar-refractivity contribution in [3.63, 3.8) is 0 Å². The van der Waals surface area contributed by atoms with Crippen molar-refractivity contribution in [1.82, 2.24) is 4.98 Å².